The number of benzene rings is 2. The number of nitrogen functional groups attached to an aromatic ring is 1. The standard InChI is InChI=1S/C25H24FN5O3/c26-22-18(6-7-21(23(22)31(33)34)30-10-2-1-3-11-30)17-13-20(24(27)29-14-17)15-4-5-19-16(12-15)8-9-28-25(19)32/h4-7,12-14H,1-3,8-11H2,(H2,27,29)(H,28,32). The molecule has 0 bridgehead atoms. The van der Waals surface area contributed by atoms with Gasteiger partial charge in [0.15, 0.2) is 0 Å². The maximum absolute atomic E-state index is 15.6. The maximum Gasteiger partial charge on any atom is 0.328 e. The lowest BCUT2D eigenvalue weighted by molar-refractivity contribution is -0.386. The Balaban J connectivity index is 1.58. The van der Waals surface area contributed by atoms with Gasteiger partial charge >= 0.3 is 5.69 Å². The molecule has 2 aromatic carbocycles. The van der Waals surface area contributed by atoms with E-state index in [9.17, 15) is 14.9 Å². The van der Waals surface area contributed by atoms with Crippen LogP contribution >= 0.6 is 0 Å². The van der Waals surface area contributed by atoms with Gasteiger partial charge in [0.2, 0.25) is 5.82 Å². The first-order valence-corrected chi connectivity index (χ1v) is 11.3. The summed E-state index contributed by atoms with van der Waals surface area (Å²) >= 11 is 0. The number of anilines is 2. The van der Waals surface area contributed by atoms with Crippen molar-refractivity contribution in [2.75, 3.05) is 30.3 Å². The van der Waals surface area contributed by atoms with Gasteiger partial charge in [0.1, 0.15) is 11.5 Å². The molecule has 0 atom stereocenters. The summed E-state index contributed by atoms with van der Waals surface area (Å²) in [6.07, 6.45) is 5.04. The van der Waals surface area contributed by atoms with Crippen LogP contribution in [0, 0.1) is 15.9 Å². The predicted molar refractivity (Wildman–Crippen MR) is 128 cm³/mol. The zero-order chi connectivity index (χ0) is 23.8. The fourth-order valence-electron chi connectivity index (χ4n) is 4.79. The van der Waals surface area contributed by atoms with Gasteiger partial charge in [0.25, 0.3) is 5.91 Å². The molecule has 0 radical (unpaired) electrons. The second-order valence-electron chi connectivity index (χ2n) is 8.63. The summed E-state index contributed by atoms with van der Waals surface area (Å²) in [7, 11) is 0. The number of nitro groups is 1. The van der Waals surface area contributed by atoms with Gasteiger partial charge in [0.05, 0.1) is 4.92 Å². The number of nitrogens with zero attached hydrogens (tertiary/aromatic N) is 3. The molecule has 2 aliphatic heterocycles. The Kier molecular flexibility index (Phi) is 5.61. The molecular formula is C25H24FN5O3. The lowest BCUT2D eigenvalue weighted by atomic mass is 9.94. The van der Waals surface area contributed by atoms with Gasteiger partial charge in [-0.3, -0.25) is 14.9 Å². The van der Waals surface area contributed by atoms with Crippen molar-refractivity contribution in [1.82, 2.24) is 10.3 Å². The van der Waals surface area contributed by atoms with E-state index in [1.54, 1.807) is 30.3 Å². The molecule has 8 nitrogen and oxygen atoms in total. The van der Waals surface area contributed by atoms with Gasteiger partial charge in [-0.2, -0.15) is 4.39 Å². The summed E-state index contributed by atoms with van der Waals surface area (Å²) in [5.41, 5.74) is 9.27. The minimum Gasteiger partial charge on any atom is -0.383 e. The summed E-state index contributed by atoms with van der Waals surface area (Å²) in [6.45, 7) is 1.90. The number of hydrogen-bond donors (Lipinski definition) is 2. The first kappa shape index (κ1) is 21.8. The van der Waals surface area contributed by atoms with Crippen LogP contribution in [-0.2, 0) is 6.42 Å². The highest BCUT2D eigenvalue weighted by Gasteiger charge is 2.28. The number of hydrogen-bond acceptors (Lipinski definition) is 6. The molecule has 0 spiro atoms. The van der Waals surface area contributed by atoms with Crippen LogP contribution in [-0.4, -0.2) is 35.4 Å². The first-order chi connectivity index (χ1) is 16.4. The molecule has 0 saturated carbocycles. The number of pyridine rings is 1. The van der Waals surface area contributed by atoms with E-state index in [1.165, 1.54) is 6.20 Å². The molecule has 3 aromatic rings. The van der Waals surface area contributed by atoms with E-state index < -0.39 is 16.4 Å². The molecule has 1 fully saturated rings. The van der Waals surface area contributed by atoms with Gasteiger partial charge in [-0.15, -0.1) is 0 Å². The van der Waals surface area contributed by atoms with Gasteiger partial charge in [-0.25, -0.2) is 4.98 Å². The molecule has 3 heterocycles. The van der Waals surface area contributed by atoms with Crippen LogP contribution in [0.1, 0.15) is 35.2 Å². The van der Waals surface area contributed by atoms with Crippen LogP contribution in [0.15, 0.2) is 42.6 Å². The number of amides is 1. The number of halogens is 1. The third-order valence-electron chi connectivity index (χ3n) is 6.54. The number of carbonyl (C=O) groups excluding carboxylic acids is 1. The first-order valence-electron chi connectivity index (χ1n) is 11.3. The largest absolute Gasteiger partial charge is 0.383 e. The topological polar surface area (TPSA) is 114 Å². The quantitative estimate of drug-likeness (QED) is 0.442. The number of nitrogens with two attached hydrogens (primary N) is 1. The molecule has 1 amide bonds. The third kappa shape index (κ3) is 3.83. The zero-order valence-electron chi connectivity index (χ0n) is 18.5. The average Bonchev–Trinajstić information content (AvgIpc) is 2.84. The number of nitrogens with one attached hydrogen (secondary N) is 1. The van der Waals surface area contributed by atoms with Crippen LogP contribution in [0.3, 0.4) is 0 Å². The Morgan fingerprint density at radius 1 is 1.03 bits per heavy atom. The molecule has 9 heteroatoms. The van der Waals surface area contributed by atoms with Crippen molar-refractivity contribution in [3.63, 3.8) is 0 Å². The second kappa shape index (κ2) is 8.74. The number of nitro benzene ring substituents is 1. The van der Waals surface area contributed by atoms with Crippen LogP contribution in [0.25, 0.3) is 22.3 Å². The summed E-state index contributed by atoms with van der Waals surface area (Å²) in [5.74, 6) is -0.743. The van der Waals surface area contributed by atoms with Crippen molar-refractivity contribution < 1.29 is 14.1 Å². The van der Waals surface area contributed by atoms with E-state index in [2.05, 4.69) is 10.3 Å². The van der Waals surface area contributed by atoms with E-state index in [0.29, 0.717) is 48.4 Å². The van der Waals surface area contributed by atoms with E-state index in [-0.39, 0.29) is 17.3 Å². The lowest BCUT2D eigenvalue weighted by Gasteiger charge is -2.28. The van der Waals surface area contributed by atoms with Crippen LogP contribution in [0.5, 0.6) is 0 Å². The zero-order valence-corrected chi connectivity index (χ0v) is 18.5. The minimum atomic E-state index is -0.882. The van der Waals surface area contributed by atoms with E-state index in [0.717, 1.165) is 30.4 Å². The highest BCUT2D eigenvalue weighted by Crippen LogP contribution is 2.39. The van der Waals surface area contributed by atoms with E-state index in [4.69, 9.17) is 5.73 Å². The molecule has 0 unspecified atom stereocenters. The molecular weight excluding hydrogens is 437 g/mol. The number of fused-ring (bicyclic) bond motifs is 1. The lowest BCUT2D eigenvalue weighted by Crippen LogP contribution is -2.31. The van der Waals surface area contributed by atoms with Gasteiger partial charge < -0.3 is 16.0 Å². The molecule has 0 aliphatic carbocycles. The molecule has 5 rings (SSSR count). The second-order valence-corrected chi connectivity index (χ2v) is 8.63. The Morgan fingerprint density at radius 2 is 1.79 bits per heavy atom. The molecule has 1 aromatic heterocycles. The number of aromatic nitrogens is 1. The van der Waals surface area contributed by atoms with Crippen molar-refractivity contribution in [3.8, 4) is 22.3 Å². The van der Waals surface area contributed by atoms with Crippen molar-refractivity contribution in [2.24, 2.45) is 0 Å². The van der Waals surface area contributed by atoms with Crippen LogP contribution in [0.2, 0.25) is 0 Å². The summed E-state index contributed by atoms with van der Waals surface area (Å²) in [6, 6.07) is 10.3. The van der Waals surface area contributed by atoms with Crippen LogP contribution in [0.4, 0.5) is 21.6 Å². The van der Waals surface area contributed by atoms with Crippen molar-refractivity contribution >= 4 is 23.1 Å². The van der Waals surface area contributed by atoms with Crippen molar-refractivity contribution in [3.05, 3.63) is 69.7 Å². The summed E-state index contributed by atoms with van der Waals surface area (Å²) < 4.78 is 15.6. The fourth-order valence-corrected chi connectivity index (χ4v) is 4.79. The fraction of sp³-hybridized carbons (Fsp3) is 0.280. The highest BCUT2D eigenvalue weighted by atomic mass is 19.1. The van der Waals surface area contributed by atoms with Crippen molar-refractivity contribution in [1.29, 1.82) is 0 Å². The average molecular weight is 461 g/mol. The SMILES string of the molecule is Nc1ncc(-c2ccc(N3CCCCC3)c([N+](=O)[O-])c2F)cc1-c1ccc2c(c1)CCNC2=O. The third-order valence-corrected chi connectivity index (χ3v) is 6.54. The van der Waals surface area contributed by atoms with Gasteiger partial charge in [0, 0.05) is 48.1 Å². The molecule has 3 N–H and O–H groups in total. The number of carbonyl (C=O) groups is 1. The number of piperidine rings is 1. The minimum absolute atomic E-state index is 0.0959. The number of rotatable bonds is 4. The Hall–Kier alpha value is -4.01. The van der Waals surface area contributed by atoms with Gasteiger partial charge in [-0.05, 0) is 61.1 Å². The molecule has 1 saturated heterocycles. The highest BCUT2D eigenvalue weighted by molar-refractivity contribution is 5.97. The monoisotopic (exact) mass is 461 g/mol. The molecule has 34 heavy (non-hydrogen) atoms. The molecule has 174 valence electrons. The maximum atomic E-state index is 15.6. The predicted octanol–water partition coefficient (Wildman–Crippen LogP) is 4.32. The van der Waals surface area contributed by atoms with Crippen LogP contribution < -0.4 is 16.0 Å². The normalized spacial score (nSPS) is 15.6. The summed E-state index contributed by atoms with van der Waals surface area (Å²) in [4.78, 5) is 29.4. The summed E-state index contributed by atoms with van der Waals surface area (Å²) in [5, 5.41) is 14.7. The van der Waals surface area contributed by atoms with E-state index >= 15 is 4.39 Å². The van der Waals surface area contributed by atoms with Crippen molar-refractivity contribution in [2.45, 2.75) is 25.7 Å². The Morgan fingerprint density at radius 3 is 2.56 bits per heavy atom. The smallest absolute Gasteiger partial charge is 0.328 e. The van der Waals surface area contributed by atoms with E-state index in [1.807, 2.05) is 11.0 Å². The Bertz CT molecular complexity index is 1300. The van der Waals surface area contributed by atoms with Gasteiger partial charge in [-0.1, -0.05) is 12.1 Å². The molecule has 2 aliphatic rings. The Labute approximate surface area is 195 Å².